The van der Waals surface area contributed by atoms with Gasteiger partial charge in [0.25, 0.3) is 0 Å². The quantitative estimate of drug-likeness (QED) is 0.622. The molecule has 0 aromatic rings. The van der Waals surface area contributed by atoms with Crippen LogP contribution in [0.2, 0.25) is 0 Å². The minimum Gasteiger partial charge on any atom is -0.380 e. The average Bonchev–Trinajstić information content (AvgIpc) is 2.50. The Bertz CT molecular complexity index is 231. The van der Waals surface area contributed by atoms with E-state index in [0.29, 0.717) is 6.10 Å². The molecule has 1 aliphatic heterocycles. The Hall–Kier alpha value is -0.520. The molecule has 2 nitrogen and oxygen atoms in total. The number of rotatable bonds is 2. The van der Waals surface area contributed by atoms with E-state index >= 15 is 0 Å². The van der Waals surface area contributed by atoms with Crippen LogP contribution in [0, 0.1) is 17.3 Å². The van der Waals surface area contributed by atoms with Crippen molar-refractivity contribution in [2.24, 2.45) is 5.41 Å². The number of hydrogen-bond acceptors (Lipinski definition) is 2. The van der Waals surface area contributed by atoms with Crippen molar-refractivity contribution in [3.63, 3.8) is 0 Å². The first-order chi connectivity index (χ1) is 6.51. The van der Waals surface area contributed by atoms with Crippen LogP contribution in [0.25, 0.3) is 0 Å². The van der Waals surface area contributed by atoms with Crippen LogP contribution >= 0.6 is 0 Å². The highest BCUT2D eigenvalue weighted by atomic mass is 16.5. The van der Waals surface area contributed by atoms with Crippen molar-refractivity contribution >= 4 is 0 Å². The summed E-state index contributed by atoms with van der Waals surface area (Å²) in [6, 6.07) is 0. The molecule has 0 radical (unpaired) electrons. The predicted octanol–water partition coefficient (Wildman–Crippen LogP) is 1.76. The maximum Gasteiger partial charge on any atom is 0.0710 e. The van der Waals surface area contributed by atoms with Crippen LogP contribution in [0.4, 0.5) is 0 Å². The number of ether oxygens (including phenoxy) is 1. The molecule has 1 fully saturated rings. The molecule has 14 heavy (non-hydrogen) atoms. The number of hydrogen-bond donors (Lipinski definition) is 0. The summed E-state index contributed by atoms with van der Waals surface area (Å²) in [4.78, 5) is 2.35. The van der Waals surface area contributed by atoms with Crippen LogP contribution in [0.5, 0.6) is 0 Å². The van der Waals surface area contributed by atoms with Gasteiger partial charge in [0.15, 0.2) is 0 Å². The first-order valence-corrected chi connectivity index (χ1v) is 5.26. The van der Waals surface area contributed by atoms with Gasteiger partial charge in [0.2, 0.25) is 0 Å². The number of methoxy groups -OCH3 is 1. The summed E-state index contributed by atoms with van der Waals surface area (Å²) < 4.78 is 5.30. The fourth-order valence-electron chi connectivity index (χ4n) is 1.55. The molecule has 0 bridgehead atoms. The van der Waals surface area contributed by atoms with Gasteiger partial charge in [-0.15, -0.1) is 0 Å². The number of likely N-dealkylation sites (tertiary alicyclic amines) is 1. The highest BCUT2D eigenvalue weighted by Crippen LogP contribution is 2.12. The zero-order valence-corrected chi connectivity index (χ0v) is 9.76. The van der Waals surface area contributed by atoms with Gasteiger partial charge in [-0.25, -0.2) is 0 Å². The van der Waals surface area contributed by atoms with Gasteiger partial charge in [0.05, 0.1) is 12.6 Å². The van der Waals surface area contributed by atoms with Crippen LogP contribution in [0.3, 0.4) is 0 Å². The molecule has 0 aromatic heterocycles. The molecule has 1 unspecified atom stereocenters. The summed E-state index contributed by atoms with van der Waals surface area (Å²) in [5.41, 5.74) is 0.125. The molecule has 0 spiro atoms. The first kappa shape index (κ1) is 11.6. The van der Waals surface area contributed by atoms with Gasteiger partial charge in [-0.3, -0.25) is 4.90 Å². The zero-order valence-electron chi connectivity index (χ0n) is 9.76. The molecule has 1 aliphatic rings. The second-order valence-corrected chi connectivity index (χ2v) is 4.93. The molecule has 2 heteroatoms. The number of nitrogens with zero attached hydrogens (tertiary/aromatic N) is 1. The van der Waals surface area contributed by atoms with Crippen molar-refractivity contribution in [1.82, 2.24) is 4.90 Å². The van der Waals surface area contributed by atoms with Crippen LogP contribution in [0.15, 0.2) is 0 Å². The van der Waals surface area contributed by atoms with E-state index in [9.17, 15) is 0 Å². The van der Waals surface area contributed by atoms with Crippen molar-refractivity contribution < 1.29 is 4.74 Å². The summed E-state index contributed by atoms with van der Waals surface area (Å²) in [6.07, 6.45) is 1.57. The van der Waals surface area contributed by atoms with E-state index in [2.05, 4.69) is 37.5 Å². The van der Waals surface area contributed by atoms with E-state index in [1.165, 1.54) is 0 Å². The van der Waals surface area contributed by atoms with Crippen molar-refractivity contribution in [2.45, 2.75) is 33.3 Å². The summed E-state index contributed by atoms with van der Waals surface area (Å²) >= 11 is 0. The monoisotopic (exact) mass is 195 g/mol. The highest BCUT2D eigenvalue weighted by Gasteiger charge is 2.20. The lowest BCUT2D eigenvalue weighted by Crippen LogP contribution is -2.23. The first-order valence-electron chi connectivity index (χ1n) is 5.26. The van der Waals surface area contributed by atoms with Gasteiger partial charge in [-0.2, -0.15) is 0 Å². The molecule has 1 rings (SSSR count). The van der Waals surface area contributed by atoms with Gasteiger partial charge in [-0.05, 0) is 27.2 Å². The molecule has 80 valence electrons. The summed E-state index contributed by atoms with van der Waals surface area (Å²) in [7, 11) is 1.79. The highest BCUT2D eigenvalue weighted by molar-refractivity contribution is 5.09. The fourth-order valence-corrected chi connectivity index (χ4v) is 1.55. The van der Waals surface area contributed by atoms with Crippen LogP contribution in [-0.4, -0.2) is 37.7 Å². The maximum absolute atomic E-state index is 5.30. The summed E-state index contributed by atoms with van der Waals surface area (Å²) in [6.45, 7) is 9.47. The Labute approximate surface area is 87.6 Å². The topological polar surface area (TPSA) is 12.5 Å². The average molecular weight is 195 g/mol. The van der Waals surface area contributed by atoms with E-state index in [-0.39, 0.29) is 5.41 Å². The minimum absolute atomic E-state index is 0.125. The molecule has 0 aromatic carbocycles. The van der Waals surface area contributed by atoms with Crippen LogP contribution < -0.4 is 0 Å². The fraction of sp³-hybridized carbons (Fsp3) is 0.833. The van der Waals surface area contributed by atoms with Gasteiger partial charge in [0.1, 0.15) is 0 Å². The predicted molar refractivity (Wildman–Crippen MR) is 59.1 cm³/mol. The van der Waals surface area contributed by atoms with Crippen molar-refractivity contribution in [1.29, 1.82) is 0 Å². The molecular formula is C12H21NO. The molecule has 0 N–H and O–H groups in total. The van der Waals surface area contributed by atoms with E-state index in [1.54, 1.807) is 7.11 Å². The second-order valence-electron chi connectivity index (χ2n) is 4.93. The third-order valence-corrected chi connectivity index (χ3v) is 2.33. The second kappa shape index (κ2) is 4.82. The Kier molecular flexibility index (Phi) is 3.97. The van der Waals surface area contributed by atoms with E-state index in [1.807, 2.05) is 0 Å². The van der Waals surface area contributed by atoms with Gasteiger partial charge >= 0.3 is 0 Å². The Morgan fingerprint density at radius 3 is 2.64 bits per heavy atom. The lowest BCUT2D eigenvalue weighted by molar-refractivity contribution is 0.110. The third-order valence-electron chi connectivity index (χ3n) is 2.33. The molecule has 1 heterocycles. The molecule has 0 aliphatic carbocycles. The van der Waals surface area contributed by atoms with Gasteiger partial charge in [-0.1, -0.05) is 11.8 Å². The standard InChI is InChI=1S/C12H21NO/c1-12(2,3)7-5-8-13-9-6-11(10-13)14-4/h11H,6,8-10H2,1-4H3. The smallest absolute Gasteiger partial charge is 0.0710 e. The van der Waals surface area contributed by atoms with Gasteiger partial charge < -0.3 is 4.74 Å². The molecule has 0 saturated carbocycles. The Balaban J connectivity index is 2.29. The lowest BCUT2D eigenvalue weighted by Gasteiger charge is -2.12. The molecule has 0 amide bonds. The van der Waals surface area contributed by atoms with E-state index in [0.717, 1.165) is 26.1 Å². The van der Waals surface area contributed by atoms with Crippen LogP contribution in [0.1, 0.15) is 27.2 Å². The summed E-state index contributed by atoms with van der Waals surface area (Å²) in [5.74, 6) is 6.48. The van der Waals surface area contributed by atoms with Crippen molar-refractivity contribution in [3.05, 3.63) is 0 Å². The maximum atomic E-state index is 5.30. The molecule has 1 saturated heterocycles. The van der Waals surface area contributed by atoms with Gasteiger partial charge in [0, 0.05) is 25.6 Å². The van der Waals surface area contributed by atoms with E-state index in [4.69, 9.17) is 4.74 Å². The zero-order chi connectivity index (χ0) is 10.6. The largest absolute Gasteiger partial charge is 0.380 e. The SMILES string of the molecule is COC1CCN(CC#CC(C)(C)C)C1. The minimum atomic E-state index is 0.125. The summed E-state index contributed by atoms with van der Waals surface area (Å²) in [5, 5.41) is 0. The normalized spacial score (nSPS) is 23.3. The third kappa shape index (κ3) is 4.13. The Morgan fingerprint density at radius 1 is 1.43 bits per heavy atom. The van der Waals surface area contributed by atoms with Crippen molar-refractivity contribution in [2.75, 3.05) is 26.7 Å². The Morgan fingerprint density at radius 2 is 2.14 bits per heavy atom. The lowest BCUT2D eigenvalue weighted by atomic mass is 9.98. The molecule has 1 atom stereocenters. The molecular weight excluding hydrogens is 174 g/mol. The van der Waals surface area contributed by atoms with Crippen molar-refractivity contribution in [3.8, 4) is 11.8 Å². The van der Waals surface area contributed by atoms with E-state index < -0.39 is 0 Å². The van der Waals surface area contributed by atoms with Crippen LogP contribution in [-0.2, 0) is 4.74 Å².